The molecule has 0 bridgehead atoms. The molecular weight excluding hydrogens is 833 g/mol. The van der Waals surface area contributed by atoms with Crippen LogP contribution >= 0.6 is 0 Å². The van der Waals surface area contributed by atoms with Gasteiger partial charge in [0.1, 0.15) is 11.6 Å². The topological polar surface area (TPSA) is 199 Å². The lowest BCUT2D eigenvalue weighted by Gasteiger charge is -2.50. The van der Waals surface area contributed by atoms with Gasteiger partial charge in [-0.1, -0.05) is 74.6 Å². The Kier molecular flexibility index (Phi) is 16.1. The van der Waals surface area contributed by atoms with Crippen molar-refractivity contribution in [2.24, 2.45) is 11.8 Å². The minimum atomic E-state index is -4.23. The third kappa shape index (κ3) is 12.6. The van der Waals surface area contributed by atoms with Crippen LogP contribution in [0.25, 0.3) is 0 Å². The highest BCUT2D eigenvalue weighted by Gasteiger charge is 2.67. The van der Waals surface area contributed by atoms with Gasteiger partial charge in [-0.05, 0) is 107 Å². The minimum absolute atomic E-state index is 0.0574. The van der Waals surface area contributed by atoms with Crippen LogP contribution in [0.2, 0.25) is 0 Å². The van der Waals surface area contributed by atoms with E-state index in [0.29, 0.717) is 49.2 Å². The number of aromatic nitrogens is 4. The van der Waals surface area contributed by atoms with Gasteiger partial charge in [0.15, 0.2) is 15.4 Å². The Labute approximate surface area is 377 Å². The normalized spacial score (nSPS) is 17.0. The summed E-state index contributed by atoms with van der Waals surface area (Å²) in [7, 11) is -4.23. The van der Waals surface area contributed by atoms with Crippen LogP contribution in [0.15, 0.2) is 85.7 Å². The van der Waals surface area contributed by atoms with Crippen LogP contribution in [-0.2, 0) is 57.8 Å². The molecule has 0 radical (unpaired) electrons. The first-order valence-corrected chi connectivity index (χ1v) is 24.4. The van der Waals surface area contributed by atoms with Crippen LogP contribution in [-0.4, -0.2) is 73.9 Å². The fourth-order valence-electron chi connectivity index (χ4n) is 8.61. The summed E-state index contributed by atoms with van der Waals surface area (Å²) in [5, 5.41) is 5.88. The molecule has 3 atom stereocenters. The van der Waals surface area contributed by atoms with Gasteiger partial charge in [0.2, 0.25) is 17.5 Å². The molecule has 4 aromatic rings. The monoisotopic (exact) mass is 896 g/mol. The second-order valence-electron chi connectivity index (χ2n) is 18.5. The standard InChI is InChI=1S/C49H64N6O8S/c1-35(41-32-51-34-53-41)46(59)55-49(33-64(60,61)47(2,3)4,63-44(58)26-21-39-18-12-30-52-45(39)54-42(56)24-19-36-13-7-5-8-14-36)48(40-22-23-40,28-27-37-15-9-6-10-16-37)62-43(57)25-20-38-17-11-29-50-31-38/h5,7-8,11-14,17-18,29-32,34-35,37,40H,6,9-10,15-16,19-28,33H2,1-4H3,(H,51,53)(H,55,59)(H,52,54,56)/t35?,48-,49+/m0/s1. The number of hydrogen-bond acceptors (Lipinski definition) is 11. The number of pyridine rings is 2. The highest BCUT2D eigenvalue weighted by molar-refractivity contribution is 7.92. The first kappa shape index (κ1) is 48.0. The number of aromatic amines is 1. The molecule has 15 heteroatoms. The molecule has 3 aromatic heterocycles. The third-order valence-electron chi connectivity index (χ3n) is 12.7. The van der Waals surface area contributed by atoms with Crippen molar-refractivity contribution in [3.05, 3.63) is 108 Å². The summed E-state index contributed by atoms with van der Waals surface area (Å²) in [5.74, 6) is -3.96. The van der Waals surface area contributed by atoms with E-state index in [1.54, 1.807) is 70.7 Å². The zero-order valence-corrected chi connectivity index (χ0v) is 38.5. The summed E-state index contributed by atoms with van der Waals surface area (Å²) < 4.78 is 41.5. The molecule has 3 N–H and O–H groups in total. The molecule has 2 amide bonds. The second kappa shape index (κ2) is 21.5. The van der Waals surface area contributed by atoms with Crippen molar-refractivity contribution in [3.63, 3.8) is 0 Å². The van der Waals surface area contributed by atoms with E-state index in [1.165, 1.54) is 6.33 Å². The minimum Gasteiger partial charge on any atom is -0.452 e. The number of esters is 2. The number of anilines is 1. The zero-order chi connectivity index (χ0) is 45.8. The Morgan fingerprint density at radius 1 is 0.812 bits per heavy atom. The number of ether oxygens (including phenoxy) is 2. The smallest absolute Gasteiger partial charge is 0.308 e. The van der Waals surface area contributed by atoms with Gasteiger partial charge in [0.05, 0.1) is 22.7 Å². The van der Waals surface area contributed by atoms with Crippen molar-refractivity contribution in [2.75, 3.05) is 11.1 Å². The number of sulfone groups is 1. The van der Waals surface area contributed by atoms with Crippen molar-refractivity contribution >= 4 is 39.4 Å². The molecule has 1 aromatic carbocycles. The Morgan fingerprint density at radius 3 is 2.17 bits per heavy atom. The van der Waals surface area contributed by atoms with E-state index < -0.39 is 61.3 Å². The maximum atomic E-state index is 14.7. The van der Waals surface area contributed by atoms with E-state index in [9.17, 15) is 27.6 Å². The number of hydrogen-bond donors (Lipinski definition) is 3. The van der Waals surface area contributed by atoms with Gasteiger partial charge in [-0.25, -0.2) is 18.4 Å². The van der Waals surface area contributed by atoms with Crippen molar-refractivity contribution in [2.45, 2.75) is 146 Å². The third-order valence-corrected chi connectivity index (χ3v) is 15.4. The zero-order valence-electron chi connectivity index (χ0n) is 37.6. The number of rotatable bonds is 22. The van der Waals surface area contributed by atoms with E-state index >= 15 is 0 Å². The van der Waals surface area contributed by atoms with Gasteiger partial charge in [0, 0.05) is 50.0 Å². The molecule has 0 spiro atoms. The molecule has 2 fully saturated rings. The summed E-state index contributed by atoms with van der Waals surface area (Å²) in [6.45, 7) is 6.31. The van der Waals surface area contributed by atoms with Crippen LogP contribution in [0.3, 0.4) is 0 Å². The van der Waals surface area contributed by atoms with E-state index in [4.69, 9.17) is 9.47 Å². The number of amides is 2. The SMILES string of the molecule is CC(C(=O)N[C@](CS(=O)(=O)C(C)(C)C)(OC(=O)CCc1cccnc1NC(=O)CCc1ccccc1)[C@@](CCC1CCCCC1)(OC(=O)CCc1cccnc1)C1CC1)c1c[nH]cn1. The lowest BCUT2D eigenvalue weighted by molar-refractivity contribution is -0.227. The van der Waals surface area contributed by atoms with Crippen molar-refractivity contribution in [1.82, 2.24) is 25.3 Å². The number of imidazole rings is 1. The molecule has 0 saturated heterocycles. The Morgan fingerprint density at radius 2 is 1.50 bits per heavy atom. The molecule has 0 aliphatic heterocycles. The van der Waals surface area contributed by atoms with E-state index in [2.05, 4.69) is 30.6 Å². The maximum Gasteiger partial charge on any atom is 0.308 e. The Balaban J connectivity index is 1.38. The Bertz CT molecular complexity index is 2280. The van der Waals surface area contributed by atoms with Crippen molar-refractivity contribution < 1.29 is 37.1 Å². The quantitative estimate of drug-likeness (QED) is 0.0515. The molecule has 344 valence electrons. The number of carbonyl (C=O) groups excluding carboxylic acids is 4. The first-order chi connectivity index (χ1) is 30.6. The number of aryl methyl sites for hydroxylation is 3. The van der Waals surface area contributed by atoms with Gasteiger partial charge >= 0.3 is 11.9 Å². The van der Waals surface area contributed by atoms with Crippen LogP contribution in [0.4, 0.5) is 5.82 Å². The lowest BCUT2D eigenvalue weighted by Crippen LogP contribution is -2.73. The summed E-state index contributed by atoms with van der Waals surface area (Å²) in [6.07, 6.45) is 15.6. The molecule has 2 aliphatic rings. The van der Waals surface area contributed by atoms with E-state index in [0.717, 1.165) is 43.2 Å². The fraction of sp³-hybridized carbons (Fsp3) is 0.531. The van der Waals surface area contributed by atoms with Gasteiger partial charge in [0.25, 0.3) is 0 Å². The number of nitrogens with one attached hydrogen (secondary N) is 3. The number of carbonyl (C=O) groups is 4. The van der Waals surface area contributed by atoms with Gasteiger partial charge in [-0.3, -0.25) is 24.2 Å². The molecule has 2 aliphatic carbocycles. The predicted molar refractivity (Wildman–Crippen MR) is 243 cm³/mol. The van der Waals surface area contributed by atoms with Crippen LogP contribution in [0.5, 0.6) is 0 Å². The van der Waals surface area contributed by atoms with E-state index in [-0.39, 0.29) is 43.9 Å². The number of nitrogens with zero attached hydrogens (tertiary/aromatic N) is 3. The first-order valence-electron chi connectivity index (χ1n) is 22.7. The summed E-state index contributed by atoms with van der Waals surface area (Å²) in [6, 6.07) is 16.8. The largest absolute Gasteiger partial charge is 0.452 e. The van der Waals surface area contributed by atoms with Crippen LogP contribution < -0.4 is 10.6 Å². The predicted octanol–water partition coefficient (Wildman–Crippen LogP) is 7.76. The van der Waals surface area contributed by atoms with Crippen molar-refractivity contribution in [3.8, 4) is 0 Å². The van der Waals surface area contributed by atoms with Crippen LogP contribution in [0.1, 0.15) is 133 Å². The molecule has 3 heterocycles. The highest BCUT2D eigenvalue weighted by Crippen LogP contribution is 2.53. The number of benzene rings is 1. The molecule has 6 rings (SSSR count). The van der Waals surface area contributed by atoms with Gasteiger partial charge in [-0.2, -0.15) is 0 Å². The fourth-order valence-corrected chi connectivity index (χ4v) is 9.96. The summed E-state index contributed by atoms with van der Waals surface area (Å²) in [4.78, 5) is 72.6. The molecule has 14 nitrogen and oxygen atoms in total. The molecule has 1 unspecified atom stereocenters. The molecular formula is C49H64N6O8S. The summed E-state index contributed by atoms with van der Waals surface area (Å²) >= 11 is 0. The van der Waals surface area contributed by atoms with Crippen LogP contribution in [0, 0.1) is 11.8 Å². The Hall–Kier alpha value is -5.44. The second-order valence-corrected chi connectivity index (χ2v) is 21.2. The average molecular weight is 897 g/mol. The highest BCUT2D eigenvalue weighted by atomic mass is 32.2. The average Bonchev–Trinajstić information content (AvgIpc) is 3.99. The maximum absolute atomic E-state index is 14.7. The molecule has 64 heavy (non-hydrogen) atoms. The molecule has 2 saturated carbocycles. The summed E-state index contributed by atoms with van der Waals surface area (Å²) in [5.41, 5.74) is -1.35. The van der Waals surface area contributed by atoms with Crippen molar-refractivity contribution in [1.29, 1.82) is 0 Å². The van der Waals surface area contributed by atoms with Gasteiger partial charge in [-0.15, -0.1) is 0 Å². The number of H-pyrrole nitrogens is 1. The van der Waals surface area contributed by atoms with E-state index in [1.807, 2.05) is 36.4 Å². The lowest BCUT2D eigenvalue weighted by atomic mass is 9.76. The van der Waals surface area contributed by atoms with Gasteiger partial charge < -0.3 is 25.1 Å².